The number of aromatic nitrogens is 1. The number of oxazole rings is 1. The van der Waals surface area contributed by atoms with Crippen LogP contribution in [-0.4, -0.2) is 42.0 Å². The van der Waals surface area contributed by atoms with Crippen LogP contribution in [-0.2, 0) is 4.79 Å². The van der Waals surface area contributed by atoms with Crippen LogP contribution in [0.2, 0.25) is 0 Å². The van der Waals surface area contributed by atoms with Gasteiger partial charge in [0.1, 0.15) is 18.4 Å². The molecule has 3 aromatic rings. The Balaban J connectivity index is 1.52. The summed E-state index contributed by atoms with van der Waals surface area (Å²) >= 11 is 0. The minimum atomic E-state index is -0.154. The van der Waals surface area contributed by atoms with Gasteiger partial charge < -0.3 is 14.6 Å². The van der Waals surface area contributed by atoms with Crippen molar-refractivity contribution in [2.45, 2.75) is 13.0 Å². The fraction of sp³-hybridized carbons (Fsp3) is 0.261. The summed E-state index contributed by atoms with van der Waals surface area (Å²) in [5, 5.41) is 12.3. The Morgan fingerprint density at radius 2 is 1.93 bits per heavy atom. The molecule has 30 heavy (non-hydrogen) atoms. The fourth-order valence-electron chi connectivity index (χ4n) is 3.92. The minimum absolute atomic E-state index is 0.0408. The largest absolute Gasteiger partial charge is 0.447 e. The lowest BCUT2D eigenvalue weighted by molar-refractivity contribution is -0.114. The fourth-order valence-corrected chi connectivity index (χ4v) is 3.92. The van der Waals surface area contributed by atoms with E-state index < -0.39 is 0 Å². The highest BCUT2D eigenvalue weighted by Gasteiger charge is 2.29. The van der Waals surface area contributed by atoms with Crippen molar-refractivity contribution < 1.29 is 9.21 Å². The Labute approximate surface area is 175 Å². The summed E-state index contributed by atoms with van der Waals surface area (Å²) in [5.74, 6) is 0.533. The zero-order chi connectivity index (χ0) is 20.9. The van der Waals surface area contributed by atoms with E-state index in [-0.39, 0.29) is 11.9 Å². The molecule has 152 valence electrons. The quantitative estimate of drug-likeness (QED) is 0.705. The molecule has 1 saturated heterocycles. The van der Waals surface area contributed by atoms with Gasteiger partial charge in [-0.1, -0.05) is 30.3 Å². The third-order valence-corrected chi connectivity index (χ3v) is 5.26. The molecule has 1 aliphatic heterocycles. The van der Waals surface area contributed by atoms with Crippen molar-refractivity contribution in [3.63, 3.8) is 0 Å². The SMILES string of the molecule is CC(=O)Nc1ccc(N2CCN(C(c3ccccc3)c3ncco3)CC2)c(C#N)c1. The third kappa shape index (κ3) is 4.19. The molecule has 1 aromatic heterocycles. The summed E-state index contributed by atoms with van der Waals surface area (Å²) in [7, 11) is 0. The number of carbonyl (C=O) groups excluding carboxylic acids is 1. The Morgan fingerprint density at radius 1 is 1.17 bits per heavy atom. The highest BCUT2D eigenvalue weighted by molar-refractivity contribution is 5.89. The van der Waals surface area contributed by atoms with Gasteiger partial charge in [0.2, 0.25) is 11.8 Å². The number of carbonyl (C=O) groups is 1. The second-order valence-corrected chi connectivity index (χ2v) is 7.23. The minimum Gasteiger partial charge on any atom is -0.447 e. The molecule has 1 fully saturated rings. The molecule has 1 N–H and O–H groups in total. The molecular formula is C23H23N5O2. The Kier molecular flexibility index (Phi) is 5.77. The molecule has 2 heterocycles. The molecule has 7 nitrogen and oxygen atoms in total. The van der Waals surface area contributed by atoms with E-state index in [1.807, 2.05) is 30.3 Å². The van der Waals surface area contributed by atoms with E-state index in [9.17, 15) is 10.1 Å². The first-order valence-electron chi connectivity index (χ1n) is 9.91. The Hall–Kier alpha value is -3.63. The number of piperazine rings is 1. The Morgan fingerprint density at radius 3 is 2.57 bits per heavy atom. The molecule has 0 bridgehead atoms. The van der Waals surface area contributed by atoms with Crippen LogP contribution in [0.25, 0.3) is 0 Å². The van der Waals surface area contributed by atoms with Crippen LogP contribution in [0.4, 0.5) is 11.4 Å². The monoisotopic (exact) mass is 401 g/mol. The first-order valence-corrected chi connectivity index (χ1v) is 9.91. The molecule has 0 saturated carbocycles. The van der Waals surface area contributed by atoms with E-state index in [1.165, 1.54) is 6.92 Å². The van der Waals surface area contributed by atoms with Crippen molar-refractivity contribution in [3.8, 4) is 6.07 Å². The number of nitrogens with zero attached hydrogens (tertiary/aromatic N) is 4. The third-order valence-electron chi connectivity index (χ3n) is 5.26. The molecule has 7 heteroatoms. The van der Waals surface area contributed by atoms with Crippen LogP contribution in [0.1, 0.15) is 30.0 Å². The summed E-state index contributed by atoms with van der Waals surface area (Å²) in [4.78, 5) is 20.3. The lowest BCUT2D eigenvalue weighted by Gasteiger charge is -2.39. The lowest BCUT2D eigenvalue weighted by atomic mass is 10.0. The van der Waals surface area contributed by atoms with Gasteiger partial charge in [0.05, 0.1) is 17.4 Å². The molecule has 2 aromatic carbocycles. The second kappa shape index (κ2) is 8.80. The van der Waals surface area contributed by atoms with Gasteiger partial charge in [-0.05, 0) is 23.8 Å². The summed E-state index contributed by atoms with van der Waals surface area (Å²) in [6.45, 7) is 4.62. The van der Waals surface area contributed by atoms with E-state index in [0.717, 1.165) is 37.4 Å². The molecule has 1 atom stereocenters. The van der Waals surface area contributed by atoms with Gasteiger partial charge in [0, 0.05) is 38.8 Å². The first-order chi connectivity index (χ1) is 14.7. The van der Waals surface area contributed by atoms with Crippen molar-refractivity contribution in [2.75, 3.05) is 36.4 Å². The Bertz CT molecular complexity index is 1040. The van der Waals surface area contributed by atoms with Gasteiger partial charge in [-0.15, -0.1) is 0 Å². The molecule has 0 aliphatic carbocycles. The number of benzene rings is 2. The molecule has 0 spiro atoms. The van der Waals surface area contributed by atoms with Crippen LogP contribution in [0, 0.1) is 11.3 Å². The smallest absolute Gasteiger partial charge is 0.221 e. The second-order valence-electron chi connectivity index (χ2n) is 7.23. The average Bonchev–Trinajstić information content (AvgIpc) is 3.29. The van der Waals surface area contributed by atoms with Crippen molar-refractivity contribution in [1.82, 2.24) is 9.88 Å². The van der Waals surface area contributed by atoms with Crippen LogP contribution in [0.5, 0.6) is 0 Å². The standard InChI is InChI=1S/C23H23N5O2/c1-17(29)26-20-7-8-21(19(15-20)16-24)27-10-12-28(13-11-27)22(23-25-9-14-30-23)18-5-3-2-4-6-18/h2-9,14-15,22H,10-13H2,1H3,(H,26,29). The molecule has 0 radical (unpaired) electrons. The zero-order valence-electron chi connectivity index (χ0n) is 16.8. The number of hydrogen-bond donors (Lipinski definition) is 1. The highest BCUT2D eigenvalue weighted by Crippen LogP contribution is 2.31. The van der Waals surface area contributed by atoms with Crippen LogP contribution < -0.4 is 10.2 Å². The molecule has 1 unspecified atom stereocenters. The van der Waals surface area contributed by atoms with E-state index in [1.54, 1.807) is 18.5 Å². The van der Waals surface area contributed by atoms with Crippen LogP contribution in [0.3, 0.4) is 0 Å². The lowest BCUT2D eigenvalue weighted by Crippen LogP contribution is -2.48. The summed E-state index contributed by atoms with van der Waals surface area (Å²) in [6, 6.07) is 17.9. The van der Waals surface area contributed by atoms with Gasteiger partial charge in [-0.3, -0.25) is 9.69 Å². The molecule has 1 aliphatic rings. The van der Waals surface area contributed by atoms with Crippen LogP contribution >= 0.6 is 0 Å². The maximum absolute atomic E-state index is 11.3. The van der Waals surface area contributed by atoms with Gasteiger partial charge in [0.25, 0.3) is 0 Å². The van der Waals surface area contributed by atoms with Crippen molar-refractivity contribution >= 4 is 17.3 Å². The average molecular weight is 401 g/mol. The normalized spacial score (nSPS) is 15.4. The maximum atomic E-state index is 11.3. The van der Waals surface area contributed by atoms with E-state index >= 15 is 0 Å². The number of nitriles is 1. The van der Waals surface area contributed by atoms with Gasteiger partial charge in [-0.25, -0.2) is 4.98 Å². The topological polar surface area (TPSA) is 85.4 Å². The van der Waals surface area contributed by atoms with E-state index in [2.05, 4.69) is 38.3 Å². The van der Waals surface area contributed by atoms with E-state index in [4.69, 9.17) is 4.42 Å². The summed E-state index contributed by atoms with van der Waals surface area (Å²) < 4.78 is 5.65. The van der Waals surface area contributed by atoms with Gasteiger partial charge in [0.15, 0.2) is 0 Å². The van der Waals surface area contributed by atoms with Crippen molar-refractivity contribution in [3.05, 3.63) is 78.0 Å². The van der Waals surface area contributed by atoms with Gasteiger partial charge >= 0.3 is 0 Å². The van der Waals surface area contributed by atoms with Crippen LogP contribution in [0.15, 0.2) is 65.4 Å². The summed E-state index contributed by atoms with van der Waals surface area (Å²) in [6.07, 6.45) is 3.29. The summed E-state index contributed by atoms with van der Waals surface area (Å²) in [5.41, 5.74) is 3.22. The van der Waals surface area contributed by atoms with Gasteiger partial charge in [-0.2, -0.15) is 5.26 Å². The number of hydrogen-bond acceptors (Lipinski definition) is 6. The molecular weight excluding hydrogens is 378 g/mol. The molecule has 1 amide bonds. The number of amides is 1. The predicted molar refractivity (Wildman–Crippen MR) is 114 cm³/mol. The van der Waals surface area contributed by atoms with Crippen molar-refractivity contribution in [2.24, 2.45) is 0 Å². The maximum Gasteiger partial charge on any atom is 0.221 e. The van der Waals surface area contributed by atoms with E-state index in [0.29, 0.717) is 17.1 Å². The number of nitrogens with one attached hydrogen (secondary N) is 1. The highest BCUT2D eigenvalue weighted by atomic mass is 16.3. The first kappa shape index (κ1) is 19.7. The zero-order valence-corrected chi connectivity index (χ0v) is 16.8. The molecule has 4 rings (SSSR count). The number of anilines is 2. The van der Waals surface area contributed by atoms with Crippen molar-refractivity contribution in [1.29, 1.82) is 5.26 Å². The number of rotatable bonds is 5. The predicted octanol–water partition coefficient (Wildman–Crippen LogP) is 3.42.